The van der Waals surface area contributed by atoms with Gasteiger partial charge in [-0.25, -0.2) is 4.79 Å². The van der Waals surface area contributed by atoms with Gasteiger partial charge >= 0.3 is 6.03 Å². The van der Waals surface area contributed by atoms with E-state index in [9.17, 15) is 4.79 Å². The van der Waals surface area contributed by atoms with Crippen LogP contribution in [0.5, 0.6) is 0 Å². The molecule has 0 radical (unpaired) electrons. The van der Waals surface area contributed by atoms with Crippen molar-refractivity contribution in [2.75, 3.05) is 24.5 Å². The number of anilines is 1. The summed E-state index contributed by atoms with van der Waals surface area (Å²) in [5.41, 5.74) is 2.41. The van der Waals surface area contributed by atoms with Crippen molar-refractivity contribution in [3.63, 3.8) is 0 Å². The highest BCUT2D eigenvalue weighted by Gasteiger charge is 2.23. The summed E-state index contributed by atoms with van der Waals surface area (Å²) in [6.07, 6.45) is 3.33. The zero-order valence-corrected chi connectivity index (χ0v) is 11.4. The molecule has 18 heavy (non-hydrogen) atoms. The Kier molecular flexibility index (Phi) is 4.24. The molecule has 98 valence electrons. The van der Waals surface area contributed by atoms with E-state index in [1.165, 1.54) is 12.0 Å². The van der Waals surface area contributed by atoms with Crippen molar-refractivity contribution in [3.05, 3.63) is 29.8 Å². The van der Waals surface area contributed by atoms with Crippen LogP contribution in [0.15, 0.2) is 24.3 Å². The van der Waals surface area contributed by atoms with Gasteiger partial charge in [-0.05, 0) is 44.7 Å². The molecule has 0 N–H and O–H groups in total. The Hall–Kier alpha value is -1.51. The molecule has 0 aromatic heterocycles. The van der Waals surface area contributed by atoms with E-state index in [2.05, 4.69) is 18.2 Å². The minimum atomic E-state index is 0.148. The first-order chi connectivity index (χ1) is 8.77. The molecular formula is C15H22N2O. The maximum Gasteiger partial charge on any atom is 0.324 e. The third kappa shape index (κ3) is 2.50. The van der Waals surface area contributed by atoms with Gasteiger partial charge in [0.15, 0.2) is 0 Å². The molecule has 1 aromatic carbocycles. The number of carbonyl (C=O) groups excluding carboxylic acids is 1. The lowest BCUT2D eigenvalue weighted by molar-refractivity contribution is 0.210. The van der Waals surface area contributed by atoms with Crippen LogP contribution >= 0.6 is 0 Å². The fourth-order valence-corrected chi connectivity index (χ4v) is 2.55. The Morgan fingerprint density at radius 2 is 1.94 bits per heavy atom. The van der Waals surface area contributed by atoms with Crippen molar-refractivity contribution >= 4 is 11.7 Å². The molecule has 0 bridgehead atoms. The van der Waals surface area contributed by atoms with Crippen LogP contribution in [-0.4, -0.2) is 30.6 Å². The van der Waals surface area contributed by atoms with Gasteiger partial charge in [0, 0.05) is 25.3 Å². The molecule has 0 saturated carbocycles. The average Bonchev–Trinajstić information content (AvgIpc) is 2.62. The molecule has 1 aliphatic rings. The lowest BCUT2D eigenvalue weighted by atomic mass is 10.1. The number of hydrogen-bond acceptors (Lipinski definition) is 1. The molecule has 0 unspecified atom stereocenters. The minimum absolute atomic E-state index is 0.148. The first kappa shape index (κ1) is 12.9. The molecule has 0 atom stereocenters. The van der Waals surface area contributed by atoms with E-state index in [1.807, 2.05) is 29.7 Å². The number of hydrogen-bond donors (Lipinski definition) is 0. The molecule has 3 nitrogen and oxygen atoms in total. The molecule has 1 heterocycles. The summed E-state index contributed by atoms with van der Waals surface area (Å²) in [6, 6.07) is 8.44. The first-order valence-electron chi connectivity index (χ1n) is 6.92. The number of rotatable bonds is 2. The van der Waals surface area contributed by atoms with Crippen LogP contribution in [-0.2, 0) is 6.42 Å². The van der Waals surface area contributed by atoms with Gasteiger partial charge < -0.3 is 4.90 Å². The smallest absolute Gasteiger partial charge is 0.324 e. The van der Waals surface area contributed by atoms with Crippen molar-refractivity contribution < 1.29 is 4.79 Å². The van der Waals surface area contributed by atoms with Crippen molar-refractivity contribution in [1.82, 2.24) is 4.90 Å². The van der Waals surface area contributed by atoms with E-state index in [1.54, 1.807) is 0 Å². The summed E-state index contributed by atoms with van der Waals surface area (Å²) >= 11 is 0. The van der Waals surface area contributed by atoms with E-state index in [0.29, 0.717) is 0 Å². The summed E-state index contributed by atoms with van der Waals surface area (Å²) in [5.74, 6) is 0. The fraction of sp³-hybridized carbons (Fsp3) is 0.533. The summed E-state index contributed by atoms with van der Waals surface area (Å²) < 4.78 is 0. The molecule has 0 fully saturated rings. The van der Waals surface area contributed by atoms with Crippen LogP contribution < -0.4 is 4.90 Å². The molecule has 3 heteroatoms. The highest BCUT2D eigenvalue weighted by atomic mass is 16.2. The average molecular weight is 246 g/mol. The second-order valence-corrected chi connectivity index (χ2v) is 4.69. The monoisotopic (exact) mass is 246 g/mol. The lowest BCUT2D eigenvalue weighted by Gasteiger charge is -2.29. The highest BCUT2D eigenvalue weighted by molar-refractivity contribution is 5.93. The summed E-state index contributed by atoms with van der Waals surface area (Å²) in [6.45, 7) is 6.45. The third-order valence-corrected chi connectivity index (χ3v) is 3.63. The standard InChI is InChI=1S/C15H22N2O/c1-3-16(4-2)15(18)17-12-8-7-10-13-9-5-6-11-14(13)17/h5-6,9,11H,3-4,7-8,10,12H2,1-2H3. The maximum atomic E-state index is 12.5. The number of carbonyl (C=O) groups is 1. The fourth-order valence-electron chi connectivity index (χ4n) is 2.55. The lowest BCUT2D eigenvalue weighted by Crippen LogP contribution is -2.43. The number of benzene rings is 1. The normalized spacial score (nSPS) is 14.9. The predicted octanol–water partition coefficient (Wildman–Crippen LogP) is 3.29. The van der Waals surface area contributed by atoms with E-state index in [-0.39, 0.29) is 6.03 Å². The number of aryl methyl sites for hydroxylation is 1. The van der Waals surface area contributed by atoms with Crippen molar-refractivity contribution in [2.45, 2.75) is 33.1 Å². The molecule has 0 saturated heterocycles. The maximum absolute atomic E-state index is 12.5. The zero-order valence-electron chi connectivity index (χ0n) is 11.4. The Balaban J connectivity index is 2.30. The van der Waals surface area contributed by atoms with Crippen molar-refractivity contribution in [2.24, 2.45) is 0 Å². The molecule has 0 spiro atoms. The molecule has 0 aliphatic carbocycles. The van der Waals surface area contributed by atoms with Crippen LogP contribution in [0.4, 0.5) is 10.5 Å². The van der Waals surface area contributed by atoms with Crippen LogP contribution in [0.2, 0.25) is 0 Å². The molecule has 1 aliphatic heterocycles. The highest BCUT2D eigenvalue weighted by Crippen LogP contribution is 2.26. The number of fused-ring (bicyclic) bond motifs is 1. The predicted molar refractivity (Wildman–Crippen MR) is 75.0 cm³/mol. The van der Waals surface area contributed by atoms with E-state index in [4.69, 9.17) is 0 Å². The molecule has 2 rings (SSSR count). The summed E-state index contributed by atoms with van der Waals surface area (Å²) in [7, 11) is 0. The summed E-state index contributed by atoms with van der Waals surface area (Å²) in [5, 5.41) is 0. The molecule has 2 amide bonds. The quantitative estimate of drug-likeness (QED) is 0.785. The van der Waals surface area contributed by atoms with Gasteiger partial charge in [-0.15, -0.1) is 0 Å². The van der Waals surface area contributed by atoms with E-state index < -0.39 is 0 Å². The van der Waals surface area contributed by atoms with Crippen LogP contribution in [0.3, 0.4) is 0 Å². The van der Waals surface area contributed by atoms with Crippen LogP contribution in [0.1, 0.15) is 32.3 Å². The van der Waals surface area contributed by atoms with Crippen molar-refractivity contribution in [1.29, 1.82) is 0 Å². The largest absolute Gasteiger partial charge is 0.325 e. The topological polar surface area (TPSA) is 23.6 Å². The zero-order chi connectivity index (χ0) is 13.0. The Bertz CT molecular complexity index is 413. The van der Waals surface area contributed by atoms with Gasteiger partial charge in [0.25, 0.3) is 0 Å². The van der Waals surface area contributed by atoms with Gasteiger partial charge in [0.1, 0.15) is 0 Å². The second-order valence-electron chi connectivity index (χ2n) is 4.69. The Morgan fingerprint density at radius 1 is 1.22 bits per heavy atom. The molecule has 1 aromatic rings. The number of urea groups is 1. The van der Waals surface area contributed by atoms with Crippen LogP contribution in [0.25, 0.3) is 0 Å². The Labute approximate surface area is 109 Å². The first-order valence-corrected chi connectivity index (χ1v) is 6.92. The van der Waals surface area contributed by atoms with Gasteiger partial charge in [-0.2, -0.15) is 0 Å². The van der Waals surface area contributed by atoms with Gasteiger partial charge in [-0.1, -0.05) is 18.2 Å². The third-order valence-electron chi connectivity index (χ3n) is 3.63. The number of amides is 2. The van der Waals surface area contributed by atoms with Gasteiger partial charge in [-0.3, -0.25) is 4.90 Å². The second kappa shape index (κ2) is 5.89. The number of para-hydroxylation sites is 1. The molecular weight excluding hydrogens is 224 g/mol. The Morgan fingerprint density at radius 3 is 2.67 bits per heavy atom. The van der Waals surface area contributed by atoms with Gasteiger partial charge in [0.05, 0.1) is 0 Å². The van der Waals surface area contributed by atoms with Gasteiger partial charge in [0.2, 0.25) is 0 Å². The minimum Gasteiger partial charge on any atom is -0.325 e. The van der Waals surface area contributed by atoms with Crippen LogP contribution in [0, 0.1) is 0 Å². The SMILES string of the molecule is CCN(CC)C(=O)N1CCCCc2ccccc21. The van der Waals surface area contributed by atoms with Crippen molar-refractivity contribution in [3.8, 4) is 0 Å². The van der Waals surface area contributed by atoms with E-state index in [0.717, 1.165) is 38.2 Å². The number of nitrogens with zero attached hydrogens (tertiary/aromatic N) is 2. The summed E-state index contributed by atoms with van der Waals surface area (Å²) in [4.78, 5) is 16.4. The van der Waals surface area contributed by atoms with E-state index >= 15 is 0 Å².